The van der Waals surface area contributed by atoms with Gasteiger partial charge in [0.15, 0.2) is 5.78 Å². The van der Waals surface area contributed by atoms with Gasteiger partial charge >= 0.3 is 0 Å². The van der Waals surface area contributed by atoms with E-state index in [9.17, 15) is 9.59 Å². The highest BCUT2D eigenvalue weighted by Gasteiger charge is 2.28. The molecule has 6 heteroatoms. The Morgan fingerprint density at radius 3 is 2.53 bits per heavy atom. The van der Waals surface area contributed by atoms with Gasteiger partial charge in [0, 0.05) is 5.69 Å². The molecule has 2 aromatic rings. The lowest BCUT2D eigenvalue weighted by Crippen LogP contribution is -2.24. The molecule has 0 spiro atoms. The Morgan fingerprint density at radius 2 is 1.95 bits per heavy atom. The molecule has 0 atom stereocenters. The third-order valence-electron chi connectivity index (χ3n) is 3.04. The number of ketones is 1. The summed E-state index contributed by atoms with van der Waals surface area (Å²) < 4.78 is 1.72. The Kier molecular flexibility index (Phi) is 2.83. The minimum atomic E-state index is -0.131. The van der Waals surface area contributed by atoms with Gasteiger partial charge in [-0.3, -0.25) is 9.59 Å². The van der Waals surface area contributed by atoms with Gasteiger partial charge in [-0.05, 0) is 17.7 Å². The Hall–Kier alpha value is -2.50. The van der Waals surface area contributed by atoms with Crippen LogP contribution in [-0.4, -0.2) is 33.0 Å². The van der Waals surface area contributed by atoms with Crippen LogP contribution in [0.25, 0.3) is 0 Å². The summed E-state index contributed by atoms with van der Waals surface area (Å²) in [5, 5.41) is 4.03. The largest absolute Gasteiger partial charge is 0.305 e. The fraction of sp³-hybridized carbons (Fsp3) is 0.231. The molecule has 0 saturated carbocycles. The summed E-state index contributed by atoms with van der Waals surface area (Å²) in [5.74, 6) is -0.161. The highest BCUT2D eigenvalue weighted by Crippen LogP contribution is 2.20. The van der Waals surface area contributed by atoms with Gasteiger partial charge in [-0.1, -0.05) is 12.1 Å². The summed E-state index contributed by atoms with van der Waals surface area (Å²) in [5.41, 5.74) is 1.82. The standard InChI is InChI=1S/C13H12N4O2/c18-12-5-13(19)17(7-12)11-3-1-10(2-4-11)6-16-9-14-8-15-16/h1-4,8-9H,5-7H2. The highest BCUT2D eigenvalue weighted by molar-refractivity contribution is 6.14. The van der Waals surface area contributed by atoms with E-state index in [0.29, 0.717) is 6.54 Å². The third kappa shape index (κ3) is 2.37. The summed E-state index contributed by atoms with van der Waals surface area (Å²) in [4.78, 5) is 28.2. The first-order chi connectivity index (χ1) is 9.22. The Labute approximate surface area is 109 Å². The average molecular weight is 256 g/mol. The van der Waals surface area contributed by atoms with Crippen molar-refractivity contribution in [1.29, 1.82) is 0 Å². The van der Waals surface area contributed by atoms with Crippen molar-refractivity contribution in [3.63, 3.8) is 0 Å². The lowest BCUT2D eigenvalue weighted by atomic mass is 10.2. The molecule has 0 bridgehead atoms. The van der Waals surface area contributed by atoms with Gasteiger partial charge in [-0.25, -0.2) is 9.67 Å². The molecule has 1 aliphatic rings. The normalized spacial score (nSPS) is 15.3. The van der Waals surface area contributed by atoms with Crippen LogP contribution in [0.15, 0.2) is 36.9 Å². The van der Waals surface area contributed by atoms with E-state index in [4.69, 9.17) is 0 Å². The molecule has 3 rings (SSSR count). The number of anilines is 1. The van der Waals surface area contributed by atoms with Gasteiger partial charge in [-0.2, -0.15) is 5.10 Å². The molecule has 96 valence electrons. The monoisotopic (exact) mass is 256 g/mol. The maximum Gasteiger partial charge on any atom is 0.234 e. The van der Waals surface area contributed by atoms with Gasteiger partial charge in [0.25, 0.3) is 0 Å². The molecule has 0 N–H and O–H groups in total. The Balaban J connectivity index is 1.75. The maximum atomic E-state index is 11.6. The van der Waals surface area contributed by atoms with Crippen molar-refractivity contribution < 1.29 is 9.59 Å². The van der Waals surface area contributed by atoms with Crippen molar-refractivity contribution in [2.24, 2.45) is 0 Å². The highest BCUT2D eigenvalue weighted by atomic mass is 16.2. The second kappa shape index (κ2) is 4.64. The van der Waals surface area contributed by atoms with Gasteiger partial charge in [0.2, 0.25) is 5.91 Å². The van der Waals surface area contributed by atoms with Crippen molar-refractivity contribution in [2.75, 3.05) is 11.4 Å². The van der Waals surface area contributed by atoms with Crippen LogP contribution in [0.3, 0.4) is 0 Å². The molecule has 6 nitrogen and oxygen atoms in total. The van der Waals surface area contributed by atoms with E-state index in [1.165, 1.54) is 11.2 Å². The number of hydrogen-bond donors (Lipinski definition) is 0. The fourth-order valence-corrected chi connectivity index (χ4v) is 2.10. The molecule has 1 amide bonds. The molecular formula is C13H12N4O2. The molecule has 19 heavy (non-hydrogen) atoms. The van der Waals surface area contributed by atoms with Crippen LogP contribution in [0.1, 0.15) is 12.0 Å². The van der Waals surface area contributed by atoms with Crippen LogP contribution in [0.2, 0.25) is 0 Å². The van der Waals surface area contributed by atoms with E-state index in [1.807, 2.05) is 24.3 Å². The van der Waals surface area contributed by atoms with Crippen LogP contribution < -0.4 is 4.90 Å². The fourth-order valence-electron chi connectivity index (χ4n) is 2.10. The number of carbonyl (C=O) groups is 2. The first-order valence-electron chi connectivity index (χ1n) is 5.96. The maximum absolute atomic E-state index is 11.6. The van der Waals surface area contributed by atoms with Crippen LogP contribution in [0.4, 0.5) is 5.69 Å². The first kappa shape index (κ1) is 11.6. The van der Waals surface area contributed by atoms with E-state index in [1.54, 1.807) is 11.0 Å². The van der Waals surface area contributed by atoms with Gasteiger partial charge in [-0.15, -0.1) is 0 Å². The second-order valence-corrected chi connectivity index (χ2v) is 4.45. The summed E-state index contributed by atoms with van der Waals surface area (Å²) >= 11 is 0. The summed E-state index contributed by atoms with van der Waals surface area (Å²) in [6.45, 7) is 0.814. The minimum Gasteiger partial charge on any atom is -0.305 e. The summed E-state index contributed by atoms with van der Waals surface area (Å²) in [7, 11) is 0. The zero-order chi connectivity index (χ0) is 13.2. The van der Waals surface area contributed by atoms with Crippen LogP contribution in [0.5, 0.6) is 0 Å². The molecule has 1 aliphatic heterocycles. The predicted octanol–water partition coefficient (Wildman–Crippen LogP) is 0.632. The van der Waals surface area contributed by atoms with E-state index in [2.05, 4.69) is 10.1 Å². The van der Waals surface area contributed by atoms with Gasteiger partial charge in [0.1, 0.15) is 12.7 Å². The first-order valence-corrected chi connectivity index (χ1v) is 5.96. The molecule has 0 radical (unpaired) electrons. The second-order valence-electron chi connectivity index (χ2n) is 4.45. The minimum absolute atomic E-state index is 0.0146. The molecule has 1 aromatic carbocycles. The number of Topliss-reactive ketones (excluding diaryl/α,β-unsaturated/α-hetero) is 1. The summed E-state index contributed by atoms with van der Waals surface area (Å²) in [6.07, 6.45) is 3.15. The molecule has 1 saturated heterocycles. The van der Waals surface area contributed by atoms with E-state index >= 15 is 0 Å². The molecule has 0 unspecified atom stereocenters. The molecule has 1 aromatic heterocycles. The number of aromatic nitrogens is 3. The number of rotatable bonds is 3. The Morgan fingerprint density at radius 1 is 1.16 bits per heavy atom. The molecular weight excluding hydrogens is 244 g/mol. The quantitative estimate of drug-likeness (QED) is 0.755. The van der Waals surface area contributed by atoms with Crippen LogP contribution in [0, 0.1) is 0 Å². The van der Waals surface area contributed by atoms with E-state index < -0.39 is 0 Å². The topological polar surface area (TPSA) is 68.1 Å². The smallest absolute Gasteiger partial charge is 0.234 e. The van der Waals surface area contributed by atoms with Crippen LogP contribution in [-0.2, 0) is 16.1 Å². The lowest BCUT2D eigenvalue weighted by molar-refractivity contribution is -0.121. The number of amides is 1. The zero-order valence-corrected chi connectivity index (χ0v) is 10.2. The third-order valence-corrected chi connectivity index (χ3v) is 3.04. The van der Waals surface area contributed by atoms with Gasteiger partial charge in [0.05, 0.1) is 19.5 Å². The molecule has 0 aliphatic carbocycles. The van der Waals surface area contributed by atoms with Gasteiger partial charge < -0.3 is 4.90 Å². The van der Waals surface area contributed by atoms with Crippen molar-refractivity contribution in [2.45, 2.75) is 13.0 Å². The summed E-state index contributed by atoms with van der Waals surface area (Å²) in [6, 6.07) is 7.55. The van der Waals surface area contributed by atoms with Crippen molar-refractivity contribution in [1.82, 2.24) is 14.8 Å². The SMILES string of the molecule is O=C1CC(=O)N(c2ccc(Cn3cncn3)cc2)C1. The Bertz CT molecular complexity index is 604. The van der Waals surface area contributed by atoms with Crippen molar-refractivity contribution in [3.8, 4) is 0 Å². The average Bonchev–Trinajstić information content (AvgIpc) is 3.00. The van der Waals surface area contributed by atoms with Crippen molar-refractivity contribution in [3.05, 3.63) is 42.5 Å². The lowest BCUT2D eigenvalue weighted by Gasteiger charge is -2.14. The number of carbonyl (C=O) groups excluding carboxylic acids is 2. The van der Waals surface area contributed by atoms with E-state index in [0.717, 1.165) is 11.3 Å². The number of benzene rings is 1. The van der Waals surface area contributed by atoms with Crippen molar-refractivity contribution >= 4 is 17.4 Å². The number of hydrogen-bond acceptors (Lipinski definition) is 4. The number of nitrogens with zero attached hydrogens (tertiary/aromatic N) is 4. The zero-order valence-electron chi connectivity index (χ0n) is 10.2. The molecule has 2 heterocycles. The van der Waals surface area contributed by atoms with E-state index in [-0.39, 0.29) is 24.7 Å². The molecule has 1 fully saturated rings. The predicted molar refractivity (Wildman–Crippen MR) is 67.5 cm³/mol. The van der Waals surface area contributed by atoms with Crippen LogP contribution >= 0.6 is 0 Å².